The molecule has 4 heteroatoms. The van der Waals surface area contributed by atoms with Crippen LogP contribution in [0.3, 0.4) is 0 Å². The van der Waals surface area contributed by atoms with Crippen LogP contribution in [0.1, 0.15) is 16.8 Å². The average Bonchev–Trinajstić information content (AvgIpc) is 2.78. The summed E-state index contributed by atoms with van der Waals surface area (Å²) in [7, 11) is 4.23. The van der Waals surface area contributed by atoms with E-state index < -0.39 is 0 Å². The smallest absolute Gasteiger partial charge is 0.248 e. The Balaban J connectivity index is 2.06. The van der Waals surface area contributed by atoms with Crippen molar-refractivity contribution in [1.29, 1.82) is 0 Å². The predicted molar refractivity (Wildman–Crippen MR) is 69.3 cm³/mol. The van der Waals surface area contributed by atoms with Crippen molar-refractivity contribution in [2.24, 2.45) is 5.73 Å². The molecule has 1 fully saturated rings. The maximum absolute atomic E-state index is 11.0. The maximum atomic E-state index is 11.0. The summed E-state index contributed by atoms with van der Waals surface area (Å²) in [6.45, 7) is 2.11. The summed E-state index contributed by atoms with van der Waals surface area (Å²) >= 11 is 0. The number of primary amides is 1. The molecule has 4 nitrogen and oxygen atoms in total. The summed E-state index contributed by atoms with van der Waals surface area (Å²) in [6, 6.07) is 8.14. The standard InChI is InChI=1S/C13H19N3O/c1-15(2)12-7-8-16(9-12)11-5-3-10(4-6-11)13(14)17/h3-6,12H,7-9H2,1-2H3,(H2,14,17). The lowest BCUT2D eigenvalue weighted by molar-refractivity contribution is 0.100. The summed E-state index contributed by atoms with van der Waals surface area (Å²) in [5, 5.41) is 0. The SMILES string of the molecule is CN(C)C1CCN(c2ccc(C(N)=O)cc2)C1. The van der Waals surface area contributed by atoms with Crippen LogP contribution in [0.25, 0.3) is 0 Å². The van der Waals surface area contributed by atoms with Crippen LogP contribution < -0.4 is 10.6 Å². The first-order chi connectivity index (χ1) is 8.08. The minimum atomic E-state index is -0.371. The Hall–Kier alpha value is -1.55. The first-order valence-electron chi connectivity index (χ1n) is 5.89. The van der Waals surface area contributed by atoms with E-state index >= 15 is 0 Å². The summed E-state index contributed by atoms with van der Waals surface area (Å²) < 4.78 is 0. The van der Waals surface area contributed by atoms with Gasteiger partial charge in [-0.3, -0.25) is 4.79 Å². The summed E-state index contributed by atoms with van der Waals surface area (Å²) in [6.07, 6.45) is 1.19. The lowest BCUT2D eigenvalue weighted by atomic mass is 10.2. The molecule has 92 valence electrons. The van der Waals surface area contributed by atoms with Crippen molar-refractivity contribution >= 4 is 11.6 Å². The van der Waals surface area contributed by atoms with Gasteiger partial charge in [-0.15, -0.1) is 0 Å². The quantitative estimate of drug-likeness (QED) is 0.845. The molecule has 1 aliphatic heterocycles. The molecule has 2 rings (SSSR count). The number of nitrogens with zero attached hydrogens (tertiary/aromatic N) is 2. The molecule has 2 N–H and O–H groups in total. The molecule has 1 heterocycles. The normalized spacial score (nSPS) is 19.9. The van der Waals surface area contributed by atoms with Crippen molar-refractivity contribution in [1.82, 2.24) is 4.90 Å². The van der Waals surface area contributed by atoms with Gasteiger partial charge in [-0.1, -0.05) is 0 Å². The lowest BCUT2D eigenvalue weighted by Crippen LogP contribution is -2.31. The Morgan fingerprint density at radius 3 is 2.47 bits per heavy atom. The highest BCUT2D eigenvalue weighted by atomic mass is 16.1. The van der Waals surface area contributed by atoms with Crippen molar-refractivity contribution in [3.63, 3.8) is 0 Å². The number of likely N-dealkylation sites (N-methyl/N-ethyl adjacent to an activating group) is 1. The third-order valence-corrected chi connectivity index (χ3v) is 3.41. The number of amides is 1. The van der Waals surface area contributed by atoms with Crippen LogP contribution in [0, 0.1) is 0 Å². The zero-order valence-electron chi connectivity index (χ0n) is 10.4. The van der Waals surface area contributed by atoms with E-state index in [1.54, 1.807) is 12.1 Å². The van der Waals surface area contributed by atoms with E-state index in [-0.39, 0.29) is 5.91 Å². The summed E-state index contributed by atoms with van der Waals surface area (Å²) in [5.74, 6) is -0.371. The highest BCUT2D eigenvalue weighted by Crippen LogP contribution is 2.22. The number of hydrogen-bond acceptors (Lipinski definition) is 3. The Morgan fingerprint density at radius 2 is 2.00 bits per heavy atom. The fourth-order valence-corrected chi connectivity index (χ4v) is 2.23. The van der Waals surface area contributed by atoms with Crippen molar-refractivity contribution in [3.05, 3.63) is 29.8 Å². The molecule has 0 bridgehead atoms. The first kappa shape index (κ1) is 11.9. The maximum Gasteiger partial charge on any atom is 0.248 e. The van der Waals surface area contributed by atoms with E-state index in [1.165, 1.54) is 12.1 Å². The molecule has 1 saturated heterocycles. The van der Waals surface area contributed by atoms with Crippen molar-refractivity contribution in [2.75, 3.05) is 32.1 Å². The molecule has 0 aliphatic carbocycles. The highest BCUT2D eigenvalue weighted by Gasteiger charge is 2.23. The van der Waals surface area contributed by atoms with Gasteiger partial charge in [0.1, 0.15) is 0 Å². The molecule has 0 radical (unpaired) electrons. The minimum Gasteiger partial charge on any atom is -0.370 e. The zero-order valence-corrected chi connectivity index (χ0v) is 10.4. The number of carbonyl (C=O) groups excluding carboxylic acids is 1. The second-order valence-corrected chi connectivity index (χ2v) is 4.76. The fourth-order valence-electron chi connectivity index (χ4n) is 2.23. The monoisotopic (exact) mass is 233 g/mol. The third-order valence-electron chi connectivity index (χ3n) is 3.41. The first-order valence-corrected chi connectivity index (χ1v) is 5.89. The van der Waals surface area contributed by atoms with Crippen LogP contribution in [-0.4, -0.2) is 44.0 Å². The van der Waals surface area contributed by atoms with E-state index in [4.69, 9.17) is 5.73 Å². The van der Waals surface area contributed by atoms with Crippen LogP contribution in [0.15, 0.2) is 24.3 Å². The highest BCUT2D eigenvalue weighted by molar-refractivity contribution is 5.93. The molecule has 1 atom stereocenters. The number of carbonyl (C=O) groups is 1. The lowest BCUT2D eigenvalue weighted by Gasteiger charge is -2.21. The van der Waals surface area contributed by atoms with Crippen LogP contribution in [0.4, 0.5) is 5.69 Å². The van der Waals surface area contributed by atoms with Gasteiger partial charge in [0.2, 0.25) is 5.91 Å². The van der Waals surface area contributed by atoms with E-state index in [0.717, 1.165) is 13.1 Å². The van der Waals surface area contributed by atoms with Gasteiger partial charge in [-0.2, -0.15) is 0 Å². The minimum absolute atomic E-state index is 0.371. The predicted octanol–water partition coefficient (Wildman–Crippen LogP) is 0.926. The number of nitrogens with two attached hydrogens (primary N) is 1. The Morgan fingerprint density at radius 1 is 1.35 bits per heavy atom. The van der Waals surface area contributed by atoms with E-state index in [9.17, 15) is 4.79 Å². The zero-order chi connectivity index (χ0) is 12.4. The van der Waals surface area contributed by atoms with Crippen LogP contribution in [-0.2, 0) is 0 Å². The van der Waals surface area contributed by atoms with E-state index in [0.29, 0.717) is 11.6 Å². The molecule has 0 spiro atoms. The van der Waals surface area contributed by atoms with Gasteiger partial charge < -0.3 is 15.5 Å². The summed E-state index contributed by atoms with van der Waals surface area (Å²) in [4.78, 5) is 15.6. The second-order valence-electron chi connectivity index (χ2n) is 4.76. The Kier molecular flexibility index (Phi) is 3.33. The number of hydrogen-bond donors (Lipinski definition) is 1. The van der Waals surface area contributed by atoms with Gasteiger partial charge in [-0.25, -0.2) is 0 Å². The average molecular weight is 233 g/mol. The topological polar surface area (TPSA) is 49.6 Å². The molecule has 0 aromatic heterocycles. The third kappa shape index (κ3) is 2.58. The summed E-state index contributed by atoms with van der Waals surface area (Å²) in [5.41, 5.74) is 6.95. The second kappa shape index (κ2) is 4.75. The van der Waals surface area contributed by atoms with Gasteiger partial charge in [0.05, 0.1) is 0 Å². The van der Waals surface area contributed by atoms with Crippen LogP contribution in [0.2, 0.25) is 0 Å². The van der Waals surface area contributed by atoms with E-state index in [1.807, 2.05) is 12.1 Å². The molecule has 1 aromatic carbocycles. The number of benzene rings is 1. The molecule has 0 saturated carbocycles. The largest absolute Gasteiger partial charge is 0.370 e. The van der Waals surface area contributed by atoms with E-state index in [2.05, 4.69) is 23.9 Å². The van der Waals surface area contributed by atoms with Gasteiger partial charge >= 0.3 is 0 Å². The molecule has 1 aromatic rings. The molecule has 1 aliphatic rings. The number of anilines is 1. The van der Waals surface area contributed by atoms with Gasteiger partial charge in [0, 0.05) is 30.4 Å². The number of rotatable bonds is 3. The molecular weight excluding hydrogens is 214 g/mol. The Bertz CT molecular complexity index is 400. The van der Waals surface area contributed by atoms with Gasteiger partial charge in [0.15, 0.2) is 0 Å². The fraction of sp³-hybridized carbons (Fsp3) is 0.462. The van der Waals surface area contributed by atoms with Gasteiger partial charge in [-0.05, 0) is 44.8 Å². The molecule has 1 amide bonds. The van der Waals surface area contributed by atoms with Crippen LogP contribution in [0.5, 0.6) is 0 Å². The Labute approximate surface area is 102 Å². The van der Waals surface area contributed by atoms with Crippen molar-refractivity contribution < 1.29 is 4.79 Å². The van der Waals surface area contributed by atoms with Crippen molar-refractivity contribution in [2.45, 2.75) is 12.5 Å². The molecule has 1 unspecified atom stereocenters. The molecular formula is C13H19N3O. The molecule has 17 heavy (non-hydrogen) atoms. The van der Waals surface area contributed by atoms with Crippen LogP contribution >= 0.6 is 0 Å². The van der Waals surface area contributed by atoms with Gasteiger partial charge in [0.25, 0.3) is 0 Å². The van der Waals surface area contributed by atoms with Crippen molar-refractivity contribution in [3.8, 4) is 0 Å².